The second-order valence-electron chi connectivity index (χ2n) is 6.11. The van der Waals surface area contributed by atoms with Crippen LogP contribution in [0.15, 0.2) is 18.2 Å². The smallest absolute Gasteiger partial charge is 0.123 e. The van der Waals surface area contributed by atoms with Crippen molar-refractivity contribution in [3.8, 4) is 5.75 Å². The lowest BCUT2D eigenvalue weighted by atomic mass is 9.96. The molecule has 4 heteroatoms. The molecule has 0 bridgehead atoms. The minimum absolute atomic E-state index is 0.231. The highest BCUT2D eigenvalue weighted by Crippen LogP contribution is 2.30. The Hall–Kier alpha value is -1.55. The number of hydrogen-bond acceptors (Lipinski definition) is 3. The van der Waals surface area contributed by atoms with Crippen molar-refractivity contribution in [2.75, 3.05) is 19.6 Å². The van der Waals surface area contributed by atoms with Crippen molar-refractivity contribution in [2.45, 2.75) is 32.3 Å². The van der Waals surface area contributed by atoms with E-state index >= 15 is 0 Å². The predicted molar refractivity (Wildman–Crippen MR) is 80.4 cm³/mol. The van der Waals surface area contributed by atoms with Gasteiger partial charge in [-0.25, -0.2) is 0 Å². The molecule has 3 rings (SSSR count). The Morgan fingerprint density at radius 1 is 1.50 bits per heavy atom. The number of ether oxygens (including phenoxy) is 1. The van der Waals surface area contributed by atoms with Crippen LogP contribution >= 0.6 is 0 Å². The third kappa shape index (κ3) is 2.80. The quantitative estimate of drug-likeness (QED) is 0.653. The van der Waals surface area contributed by atoms with Gasteiger partial charge in [-0.05, 0) is 37.9 Å². The zero-order valence-corrected chi connectivity index (χ0v) is 12.1. The fourth-order valence-electron chi connectivity index (χ4n) is 3.31. The molecular formula is C16H23N3O. The lowest BCUT2D eigenvalue weighted by Gasteiger charge is -2.33. The van der Waals surface area contributed by atoms with E-state index in [-0.39, 0.29) is 12.0 Å². The molecule has 0 amide bonds. The van der Waals surface area contributed by atoms with Crippen LogP contribution in [0.4, 0.5) is 0 Å². The number of nitrogens with two attached hydrogens (primary N) is 1. The van der Waals surface area contributed by atoms with Gasteiger partial charge >= 0.3 is 0 Å². The first-order chi connectivity index (χ1) is 9.61. The molecule has 1 aromatic rings. The molecule has 1 fully saturated rings. The Morgan fingerprint density at radius 3 is 3.15 bits per heavy atom. The Balaban J connectivity index is 1.59. The van der Waals surface area contributed by atoms with E-state index in [1.54, 1.807) is 0 Å². The third-order valence-corrected chi connectivity index (χ3v) is 4.36. The van der Waals surface area contributed by atoms with Crippen LogP contribution in [-0.4, -0.2) is 36.5 Å². The van der Waals surface area contributed by atoms with Gasteiger partial charge in [0.2, 0.25) is 0 Å². The second kappa shape index (κ2) is 5.44. The number of piperidine rings is 1. The van der Waals surface area contributed by atoms with Gasteiger partial charge in [0, 0.05) is 25.4 Å². The molecule has 0 aromatic heterocycles. The molecule has 3 N–H and O–H groups in total. The van der Waals surface area contributed by atoms with Crippen LogP contribution in [0.1, 0.15) is 24.0 Å². The monoisotopic (exact) mass is 273 g/mol. The Morgan fingerprint density at radius 2 is 2.35 bits per heavy atom. The molecule has 2 heterocycles. The van der Waals surface area contributed by atoms with Crippen molar-refractivity contribution in [2.24, 2.45) is 11.7 Å². The summed E-state index contributed by atoms with van der Waals surface area (Å²) in [7, 11) is 0. The maximum Gasteiger partial charge on any atom is 0.123 e. The molecule has 0 saturated carbocycles. The van der Waals surface area contributed by atoms with E-state index < -0.39 is 0 Å². The molecule has 108 valence electrons. The standard InChI is InChI=1S/C16H23N3O/c1-11-4-5-15-13(7-11)8-14(20-15)10-19-6-2-3-12(9-19)16(17)18/h4-5,7,12,14H,2-3,6,8-10H2,1H3,(H3,17,18). The number of likely N-dealkylation sites (tertiary alicyclic amines) is 1. The molecule has 2 aliphatic rings. The Labute approximate surface area is 120 Å². The summed E-state index contributed by atoms with van der Waals surface area (Å²) in [6.07, 6.45) is 3.43. The fraction of sp³-hybridized carbons (Fsp3) is 0.562. The van der Waals surface area contributed by atoms with Crippen molar-refractivity contribution in [3.63, 3.8) is 0 Å². The lowest BCUT2D eigenvalue weighted by Crippen LogP contribution is -2.44. The van der Waals surface area contributed by atoms with Gasteiger partial charge in [0.25, 0.3) is 0 Å². The van der Waals surface area contributed by atoms with Gasteiger partial charge in [0.05, 0.1) is 5.84 Å². The van der Waals surface area contributed by atoms with E-state index in [1.165, 1.54) is 11.1 Å². The highest BCUT2D eigenvalue weighted by Gasteiger charge is 2.28. The van der Waals surface area contributed by atoms with Crippen molar-refractivity contribution >= 4 is 5.84 Å². The van der Waals surface area contributed by atoms with E-state index in [0.717, 1.165) is 44.6 Å². The fourth-order valence-corrected chi connectivity index (χ4v) is 3.31. The van der Waals surface area contributed by atoms with Gasteiger partial charge in [-0.15, -0.1) is 0 Å². The summed E-state index contributed by atoms with van der Waals surface area (Å²) < 4.78 is 6.03. The first-order valence-corrected chi connectivity index (χ1v) is 7.44. The third-order valence-electron chi connectivity index (χ3n) is 4.36. The number of fused-ring (bicyclic) bond motifs is 1. The van der Waals surface area contributed by atoms with Crippen LogP contribution in [0.3, 0.4) is 0 Å². The average molecular weight is 273 g/mol. The van der Waals surface area contributed by atoms with Crippen molar-refractivity contribution < 1.29 is 4.74 Å². The van der Waals surface area contributed by atoms with Crippen LogP contribution < -0.4 is 10.5 Å². The van der Waals surface area contributed by atoms with Crippen LogP contribution in [0.25, 0.3) is 0 Å². The molecule has 2 aliphatic heterocycles. The van der Waals surface area contributed by atoms with Crippen LogP contribution in [0.5, 0.6) is 5.75 Å². The maximum atomic E-state index is 7.61. The van der Waals surface area contributed by atoms with E-state index in [0.29, 0.717) is 5.84 Å². The zero-order valence-electron chi connectivity index (χ0n) is 12.1. The Bertz CT molecular complexity index is 514. The Kier molecular flexibility index (Phi) is 3.66. The number of rotatable bonds is 3. The molecule has 1 saturated heterocycles. The van der Waals surface area contributed by atoms with Crippen molar-refractivity contribution in [3.05, 3.63) is 29.3 Å². The van der Waals surface area contributed by atoms with Gasteiger partial charge in [-0.3, -0.25) is 10.3 Å². The van der Waals surface area contributed by atoms with Crippen molar-refractivity contribution in [1.82, 2.24) is 4.90 Å². The lowest BCUT2D eigenvalue weighted by molar-refractivity contribution is 0.124. The minimum atomic E-state index is 0.231. The number of benzene rings is 1. The molecule has 1 aromatic carbocycles. The molecule has 2 atom stereocenters. The molecule has 0 radical (unpaired) electrons. The van der Waals surface area contributed by atoms with Crippen LogP contribution in [0.2, 0.25) is 0 Å². The molecule has 0 spiro atoms. The topological polar surface area (TPSA) is 62.3 Å². The molecule has 20 heavy (non-hydrogen) atoms. The van der Waals surface area contributed by atoms with E-state index in [1.807, 2.05) is 0 Å². The van der Waals surface area contributed by atoms with Gasteiger partial charge in [-0.2, -0.15) is 0 Å². The van der Waals surface area contributed by atoms with E-state index in [2.05, 4.69) is 30.0 Å². The van der Waals surface area contributed by atoms with Crippen molar-refractivity contribution in [1.29, 1.82) is 5.41 Å². The summed E-state index contributed by atoms with van der Waals surface area (Å²) in [6.45, 7) is 5.07. The van der Waals surface area contributed by atoms with E-state index in [9.17, 15) is 0 Å². The summed E-state index contributed by atoms with van der Waals surface area (Å²) in [5.41, 5.74) is 8.27. The maximum absolute atomic E-state index is 7.61. The summed E-state index contributed by atoms with van der Waals surface area (Å²) >= 11 is 0. The summed E-state index contributed by atoms with van der Waals surface area (Å²) in [5.74, 6) is 1.61. The van der Waals surface area contributed by atoms with Gasteiger partial charge < -0.3 is 10.5 Å². The highest BCUT2D eigenvalue weighted by atomic mass is 16.5. The largest absolute Gasteiger partial charge is 0.488 e. The van der Waals surface area contributed by atoms with Crippen LogP contribution in [0, 0.1) is 18.3 Å². The number of nitrogens with one attached hydrogen (secondary N) is 1. The first kappa shape index (κ1) is 13.4. The summed E-state index contributed by atoms with van der Waals surface area (Å²) in [5, 5.41) is 7.61. The normalized spacial score (nSPS) is 26.1. The molecule has 2 unspecified atom stereocenters. The van der Waals surface area contributed by atoms with Gasteiger partial charge in [0.1, 0.15) is 11.9 Å². The first-order valence-electron chi connectivity index (χ1n) is 7.44. The SMILES string of the molecule is Cc1ccc2c(c1)CC(CN1CCCC(C(=N)N)C1)O2. The van der Waals surface area contributed by atoms with Gasteiger partial charge in [0.15, 0.2) is 0 Å². The number of amidine groups is 1. The number of nitrogens with zero attached hydrogens (tertiary/aromatic N) is 1. The highest BCUT2D eigenvalue weighted by molar-refractivity contribution is 5.79. The molecular weight excluding hydrogens is 250 g/mol. The van der Waals surface area contributed by atoms with Gasteiger partial charge in [-0.1, -0.05) is 17.7 Å². The zero-order chi connectivity index (χ0) is 14.1. The molecule has 0 aliphatic carbocycles. The van der Waals surface area contributed by atoms with E-state index in [4.69, 9.17) is 15.9 Å². The minimum Gasteiger partial charge on any atom is -0.488 e. The average Bonchev–Trinajstić information content (AvgIpc) is 2.80. The van der Waals surface area contributed by atoms with Crippen LogP contribution in [-0.2, 0) is 6.42 Å². The summed E-state index contributed by atoms with van der Waals surface area (Å²) in [4.78, 5) is 2.40. The summed E-state index contributed by atoms with van der Waals surface area (Å²) in [6, 6.07) is 6.41. The number of aryl methyl sites for hydroxylation is 1. The predicted octanol–water partition coefficient (Wildman–Crippen LogP) is 1.95. The second-order valence-corrected chi connectivity index (χ2v) is 6.11. The molecule has 4 nitrogen and oxygen atoms in total. The number of hydrogen-bond donors (Lipinski definition) is 2.